The first-order chi connectivity index (χ1) is 11.5. The number of hydrogen-bond acceptors (Lipinski definition) is 4. The Morgan fingerprint density at radius 1 is 1.33 bits per heavy atom. The number of carboxylic acids is 1. The predicted molar refractivity (Wildman–Crippen MR) is 87.0 cm³/mol. The zero-order valence-corrected chi connectivity index (χ0v) is 13.5. The lowest BCUT2D eigenvalue weighted by Gasteiger charge is -2.24. The summed E-state index contributed by atoms with van der Waals surface area (Å²) >= 11 is 0. The van der Waals surface area contributed by atoms with E-state index in [1.54, 1.807) is 18.0 Å². The summed E-state index contributed by atoms with van der Waals surface area (Å²) in [7, 11) is 0. The van der Waals surface area contributed by atoms with Crippen LogP contribution in [0.15, 0.2) is 36.5 Å². The van der Waals surface area contributed by atoms with E-state index in [-0.39, 0.29) is 25.0 Å². The van der Waals surface area contributed by atoms with Crippen LogP contribution in [0.25, 0.3) is 11.3 Å². The van der Waals surface area contributed by atoms with Crippen LogP contribution >= 0.6 is 0 Å². The fourth-order valence-corrected chi connectivity index (χ4v) is 2.56. The highest BCUT2D eigenvalue weighted by Gasteiger charge is 2.34. The Hall–Kier alpha value is -2.70. The number of benzene rings is 1. The van der Waals surface area contributed by atoms with Crippen LogP contribution in [0, 0.1) is 5.92 Å². The van der Waals surface area contributed by atoms with Crippen molar-refractivity contribution in [2.75, 3.05) is 6.54 Å². The molecule has 1 aromatic carbocycles. The molecule has 1 amide bonds. The average Bonchev–Trinajstić information content (AvgIpc) is 3.31. The number of nitrogens with zero attached hydrogens (tertiary/aromatic N) is 4. The highest BCUT2D eigenvalue weighted by atomic mass is 16.4. The molecule has 1 fully saturated rings. The minimum Gasteiger partial charge on any atom is -0.481 e. The first kappa shape index (κ1) is 16.2. The Morgan fingerprint density at radius 2 is 2.04 bits per heavy atom. The molecule has 1 saturated carbocycles. The van der Waals surface area contributed by atoms with Crippen molar-refractivity contribution in [2.24, 2.45) is 5.92 Å². The lowest BCUT2D eigenvalue weighted by molar-refractivity contribution is -0.143. The quantitative estimate of drug-likeness (QED) is 0.835. The molecule has 126 valence electrons. The molecule has 0 spiro atoms. The second-order valence-electron chi connectivity index (χ2n) is 6.18. The Labute approximate surface area is 139 Å². The van der Waals surface area contributed by atoms with E-state index in [9.17, 15) is 9.59 Å². The van der Waals surface area contributed by atoms with Crippen LogP contribution in [-0.4, -0.2) is 49.5 Å². The Kier molecular flexibility index (Phi) is 4.59. The molecule has 0 saturated heterocycles. The minimum absolute atomic E-state index is 0.0721. The molecule has 1 heterocycles. The maximum absolute atomic E-state index is 12.5. The first-order valence-electron chi connectivity index (χ1n) is 8.02. The number of carbonyl (C=O) groups is 2. The SMILES string of the molecule is CC(CN(C(=O)Cn1cc(-c2ccccc2)nn1)C1CC1)C(=O)O. The van der Waals surface area contributed by atoms with Gasteiger partial charge in [-0.25, -0.2) is 4.68 Å². The number of amides is 1. The van der Waals surface area contributed by atoms with Crippen LogP contribution in [-0.2, 0) is 16.1 Å². The zero-order valence-electron chi connectivity index (χ0n) is 13.5. The summed E-state index contributed by atoms with van der Waals surface area (Å²) in [6, 6.07) is 9.79. The van der Waals surface area contributed by atoms with Crippen molar-refractivity contribution in [2.45, 2.75) is 32.4 Å². The van der Waals surface area contributed by atoms with E-state index in [2.05, 4.69) is 10.3 Å². The fourth-order valence-electron chi connectivity index (χ4n) is 2.56. The maximum atomic E-state index is 12.5. The molecule has 3 rings (SSSR count). The number of aliphatic carboxylic acids is 1. The molecule has 24 heavy (non-hydrogen) atoms. The van der Waals surface area contributed by atoms with Crippen molar-refractivity contribution in [3.63, 3.8) is 0 Å². The van der Waals surface area contributed by atoms with Crippen LogP contribution in [0.3, 0.4) is 0 Å². The van der Waals surface area contributed by atoms with Gasteiger partial charge in [-0.3, -0.25) is 9.59 Å². The summed E-state index contributed by atoms with van der Waals surface area (Å²) in [6.07, 6.45) is 3.61. The van der Waals surface area contributed by atoms with Gasteiger partial charge in [-0.15, -0.1) is 5.10 Å². The summed E-state index contributed by atoms with van der Waals surface area (Å²) in [6.45, 7) is 1.93. The average molecular weight is 328 g/mol. The van der Waals surface area contributed by atoms with E-state index in [1.165, 1.54) is 4.68 Å². The van der Waals surface area contributed by atoms with Gasteiger partial charge in [-0.1, -0.05) is 42.5 Å². The second-order valence-corrected chi connectivity index (χ2v) is 6.18. The third kappa shape index (κ3) is 3.79. The van der Waals surface area contributed by atoms with E-state index in [4.69, 9.17) is 5.11 Å². The molecule has 1 N–H and O–H groups in total. The summed E-state index contributed by atoms with van der Waals surface area (Å²) in [4.78, 5) is 25.3. The van der Waals surface area contributed by atoms with Crippen molar-refractivity contribution < 1.29 is 14.7 Å². The largest absolute Gasteiger partial charge is 0.481 e. The molecule has 7 nitrogen and oxygen atoms in total. The third-order valence-electron chi connectivity index (χ3n) is 4.11. The number of hydrogen-bond donors (Lipinski definition) is 1. The van der Waals surface area contributed by atoms with Crippen molar-refractivity contribution in [1.29, 1.82) is 0 Å². The van der Waals surface area contributed by atoms with Crippen LogP contribution in [0.4, 0.5) is 0 Å². The number of rotatable bonds is 7. The van der Waals surface area contributed by atoms with Gasteiger partial charge in [0, 0.05) is 18.2 Å². The van der Waals surface area contributed by atoms with E-state index in [0.717, 1.165) is 18.4 Å². The standard InChI is InChI=1S/C17H20N4O3/c1-12(17(23)24)9-21(14-7-8-14)16(22)11-20-10-15(18-19-20)13-5-3-2-4-6-13/h2-6,10,12,14H,7-9,11H2,1H3,(H,23,24). The molecule has 1 unspecified atom stereocenters. The highest BCUT2D eigenvalue weighted by Crippen LogP contribution is 2.28. The van der Waals surface area contributed by atoms with Crippen LogP contribution in [0.5, 0.6) is 0 Å². The summed E-state index contributed by atoms with van der Waals surface area (Å²) in [5.41, 5.74) is 1.65. The van der Waals surface area contributed by atoms with Crippen LogP contribution in [0.2, 0.25) is 0 Å². The van der Waals surface area contributed by atoms with Gasteiger partial charge in [0.25, 0.3) is 0 Å². The van der Waals surface area contributed by atoms with Crippen molar-refractivity contribution in [3.05, 3.63) is 36.5 Å². The minimum atomic E-state index is -0.888. The maximum Gasteiger partial charge on any atom is 0.308 e. The molecule has 0 aliphatic heterocycles. The third-order valence-corrected chi connectivity index (χ3v) is 4.11. The number of aromatic nitrogens is 3. The van der Waals surface area contributed by atoms with Crippen molar-refractivity contribution in [3.8, 4) is 11.3 Å². The Balaban J connectivity index is 1.67. The van der Waals surface area contributed by atoms with Gasteiger partial charge in [0.05, 0.1) is 12.1 Å². The molecule has 1 aromatic heterocycles. The van der Waals surface area contributed by atoms with Crippen molar-refractivity contribution >= 4 is 11.9 Å². The molecule has 2 aromatic rings. The monoisotopic (exact) mass is 328 g/mol. The number of carboxylic acid groups (broad SMARTS) is 1. The Morgan fingerprint density at radius 3 is 2.67 bits per heavy atom. The lowest BCUT2D eigenvalue weighted by Crippen LogP contribution is -2.40. The van der Waals surface area contributed by atoms with E-state index in [0.29, 0.717) is 5.69 Å². The smallest absolute Gasteiger partial charge is 0.308 e. The predicted octanol–water partition coefficient (Wildman–Crippen LogP) is 1.66. The van der Waals surface area contributed by atoms with Gasteiger partial charge in [0.1, 0.15) is 12.2 Å². The molecule has 1 aliphatic carbocycles. The second kappa shape index (κ2) is 6.82. The van der Waals surface area contributed by atoms with E-state index in [1.807, 2.05) is 30.3 Å². The molecule has 0 radical (unpaired) electrons. The fraction of sp³-hybridized carbons (Fsp3) is 0.412. The van der Waals surface area contributed by atoms with E-state index < -0.39 is 11.9 Å². The normalized spacial score (nSPS) is 15.0. The van der Waals surface area contributed by atoms with Gasteiger partial charge < -0.3 is 10.0 Å². The lowest BCUT2D eigenvalue weighted by atomic mass is 10.1. The van der Waals surface area contributed by atoms with Crippen LogP contribution < -0.4 is 0 Å². The summed E-state index contributed by atoms with van der Waals surface area (Å²) in [5, 5.41) is 17.2. The zero-order chi connectivity index (χ0) is 17.1. The van der Waals surface area contributed by atoms with Gasteiger partial charge in [-0.05, 0) is 12.8 Å². The van der Waals surface area contributed by atoms with Gasteiger partial charge in [-0.2, -0.15) is 0 Å². The van der Waals surface area contributed by atoms with Gasteiger partial charge in [0.2, 0.25) is 5.91 Å². The molecule has 1 atom stereocenters. The van der Waals surface area contributed by atoms with Gasteiger partial charge in [0.15, 0.2) is 0 Å². The van der Waals surface area contributed by atoms with Gasteiger partial charge >= 0.3 is 5.97 Å². The highest BCUT2D eigenvalue weighted by molar-refractivity contribution is 5.78. The van der Waals surface area contributed by atoms with Crippen molar-refractivity contribution in [1.82, 2.24) is 19.9 Å². The Bertz CT molecular complexity index is 724. The molecular weight excluding hydrogens is 308 g/mol. The number of carbonyl (C=O) groups excluding carboxylic acids is 1. The molecular formula is C17H20N4O3. The first-order valence-corrected chi connectivity index (χ1v) is 8.02. The molecule has 7 heteroatoms. The summed E-state index contributed by atoms with van der Waals surface area (Å²) < 4.78 is 1.51. The molecule has 0 bridgehead atoms. The van der Waals surface area contributed by atoms with E-state index >= 15 is 0 Å². The molecule has 1 aliphatic rings. The van der Waals surface area contributed by atoms with Crippen LogP contribution in [0.1, 0.15) is 19.8 Å². The summed E-state index contributed by atoms with van der Waals surface area (Å²) in [5.74, 6) is -1.58. The topological polar surface area (TPSA) is 88.3 Å².